The number of rotatable bonds is 7. The molecule has 11 heteroatoms. The van der Waals surface area contributed by atoms with Gasteiger partial charge < -0.3 is 19.1 Å². The lowest BCUT2D eigenvalue weighted by Crippen LogP contribution is -2.45. The molecule has 0 unspecified atom stereocenters. The van der Waals surface area contributed by atoms with E-state index in [2.05, 4.69) is 14.9 Å². The summed E-state index contributed by atoms with van der Waals surface area (Å²) in [6.45, 7) is 6.60. The van der Waals surface area contributed by atoms with Crippen molar-refractivity contribution in [2.45, 2.75) is 38.2 Å². The largest absolute Gasteiger partial charge is 0.477 e. The molecule has 4 heterocycles. The zero-order valence-corrected chi connectivity index (χ0v) is 21.5. The van der Waals surface area contributed by atoms with Gasteiger partial charge in [-0.1, -0.05) is 12.1 Å². The fourth-order valence-electron chi connectivity index (χ4n) is 5.75. The Kier molecular flexibility index (Phi) is 7.66. The summed E-state index contributed by atoms with van der Waals surface area (Å²) in [7, 11) is 0. The first-order valence-electron chi connectivity index (χ1n) is 13.6. The molecule has 6 rings (SSSR count). The lowest BCUT2D eigenvalue weighted by Gasteiger charge is -2.38. The molecule has 0 spiro atoms. The number of nitrogens with zero attached hydrogens (tertiary/aromatic N) is 6. The highest BCUT2D eigenvalue weighted by molar-refractivity contribution is 5.78. The molecule has 3 aromatic rings. The zero-order valence-electron chi connectivity index (χ0n) is 21.5. The number of alkyl halides is 2. The third-order valence-electron chi connectivity index (χ3n) is 7.83. The van der Waals surface area contributed by atoms with Gasteiger partial charge in [0, 0.05) is 38.3 Å². The molecule has 204 valence electrons. The predicted molar refractivity (Wildman–Crippen MR) is 138 cm³/mol. The summed E-state index contributed by atoms with van der Waals surface area (Å²) >= 11 is 0. The average Bonchev–Trinajstić information content (AvgIpc) is 3.37. The first-order chi connectivity index (χ1) is 18.7. The highest BCUT2D eigenvalue weighted by atomic mass is 19.3. The molecule has 3 fully saturated rings. The zero-order chi connectivity index (χ0) is 25.9. The SMILES string of the molecule is FC(F)c1nc2ccccc2n1-c1cc(OCC2CCC(N3CCOCC3)CC2)nc(N2CCOCC2)n1. The van der Waals surface area contributed by atoms with Gasteiger partial charge >= 0.3 is 0 Å². The number of aromatic nitrogens is 4. The number of morpholine rings is 2. The summed E-state index contributed by atoms with van der Waals surface area (Å²) in [4.78, 5) is 18.1. The van der Waals surface area contributed by atoms with Crippen molar-refractivity contribution >= 4 is 17.0 Å². The lowest BCUT2D eigenvalue weighted by molar-refractivity contribution is 0.00296. The Bertz CT molecular complexity index is 1220. The highest BCUT2D eigenvalue weighted by Gasteiger charge is 2.28. The predicted octanol–water partition coefficient (Wildman–Crippen LogP) is 3.86. The summed E-state index contributed by atoms with van der Waals surface area (Å²) < 4.78 is 46.8. The molecule has 9 nitrogen and oxygen atoms in total. The van der Waals surface area contributed by atoms with Crippen LogP contribution in [0.5, 0.6) is 5.88 Å². The topological polar surface area (TPSA) is 77.8 Å². The van der Waals surface area contributed by atoms with E-state index in [1.54, 1.807) is 24.3 Å². The molecule has 38 heavy (non-hydrogen) atoms. The Balaban J connectivity index is 1.24. The van der Waals surface area contributed by atoms with Gasteiger partial charge in [0.2, 0.25) is 11.8 Å². The van der Waals surface area contributed by atoms with Gasteiger partial charge in [0.05, 0.1) is 44.1 Å². The van der Waals surface area contributed by atoms with Crippen LogP contribution in [0.4, 0.5) is 14.7 Å². The maximum Gasteiger partial charge on any atom is 0.296 e. The monoisotopic (exact) mass is 528 g/mol. The highest BCUT2D eigenvalue weighted by Crippen LogP contribution is 2.31. The number of ether oxygens (including phenoxy) is 3. The van der Waals surface area contributed by atoms with Crippen LogP contribution in [0, 0.1) is 5.92 Å². The van der Waals surface area contributed by atoms with E-state index < -0.39 is 6.43 Å². The number of anilines is 1. The Labute approximate surface area is 220 Å². The first kappa shape index (κ1) is 25.4. The molecular weight excluding hydrogens is 494 g/mol. The summed E-state index contributed by atoms with van der Waals surface area (Å²) in [6, 6.07) is 9.38. The summed E-state index contributed by atoms with van der Waals surface area (Å²) in [5.41, 5.74) is 1.07. The summed E-state index contributed by atoms with van der Waals surface area (Å²) in [5.74, 6) is 1.27. The smallest absolute Gasteiger partial charge is 0.296 e. The maximum absolute atomic E-state index is 14.1. The molecule has 0 N–H and O–H groups in total. The Morgan fingerprint density at radius 2 is 1.61 bits per heavy atom. The van der Waals surface area contributed by atoms with Gasteiger partial charge in [-0.15, -0.1) is 0 Å². The Morgan fingerprint density at radius 3 is 2.34 bits per heavy atom. The molecule has 1 aliphatic carbocycles. The molecule has 1 aromatic carbocycles. The van der Waals surface area contributed by atoms with Crippen molar-refractivity contribution in [1.29, 1.82) is 0 Å². The van der Waals surface area contributed by atoms with Crippen LogP contribution in [-0.2, 0) is 9.47 Å². The Hall–Kier alpha value is -2.89. The van der Waals surface area contributed by atoms with E-state index in [1.165, 1.54) is 4.57 Å². The molecule has 0 atom stereocenters. The van der Waals surface area contributed by atoms with E-state index in [0.29, 0.717) is 73.5 Å². The number of halogens is 2. The van der Waals surface area contributed by atoms with Crippen molar-refractivity contribution in [2.24, 2.45) is 5.92 Å². The van der Waals surface area contributed by atoms with Gasteiger partial charge in [0.1, 0.15) is 5.82 Å². The fraction of sp³-hybridized carbons (Fsp3) is 0.593. The second kappa shape index (κ2) is 11.5. The third kappa shape index (κ3) is 5.45. The van der Waals surface area contributed by atoms with Crippen LogP contribution < -0.4 is 9.64 Å². The molecule has 1 saturated carbocycles. The van der Waals surface area contributed by atoms with E-state index in [9.17, 15) is 8.78 Å². The lowest BCUT2D eigenvalue weighted by atomic mass is 9.85. The number of hydrogen-bond acceptors (Lipinski definition) is 8. The van der Waals surface area contributed by atoms with Crippen molar-refractivity contribution in [1.82, 2.24) is 24.4 Å². The molecule has 2 aromatic heterocycles. The van der Waals surface area contributed by atoms with Gasteiger partial charge in [-0.2, -0.15) is 9.97 Å². The van der Waals surface area contributed by atoms with Crippen molar-refractivity contribution in [3.05, 3.63) is 36.2 Å². The summed E-state index contributed by atoms with van der Waals surface area (Å²) in [5, 5.41) is 0. The van der Waals surface area contributed by atoms with Crippen LogP contribution in [0.3, 0.4) is 0 Å². The van der Waals surface area contributed by atoms with Gasteiger partial charge in [-0.3, -0.25) is 9.47 Å². The molecule has 0 amide bonds. The van der Waals surface area contributed by atoms with E-state index in [0.717, 1.165) is 52.0 Å². The molecule has 0 radical (unpaired) electrons. The van der Waals surface area contributed by atoms with Crippen molar-refractivity contribution in [2.75, 3.05) is 64.1 Å². The minimum Gasteiger partial charge on any atom is -0.477 e. The fourth-order valence-corrected chi connectivity index (χ4v) is 5.75. The van der Waals surface area contributed by atoms with Crippen LogP contribution in [-0.4, -0.2) is 89.7 Å². The van der Waals surface area contributed by atoms with Crippen LogP contribution in [0.1, 0.15) is 37.9 Å². The van der Waals surface area contributed by atoms with Gasteiger partial charge in [0.15, 0.2) is 5.82 Å². The molecule has 0 bridgehead atoms. The first-order valence-corrected chi connectivity index (χ1v) is 13.6. The van der Waals surface area contributed by atoms with Crippen molar-refractivity contribution in [3.8, 4) is 11.7 Å². The third-order valence-corrected chi connectivity index (χ3v) is 7.83. The minimum atomic E-state index is -2.75. The van der Waals surface area contributed by atoms with Crippen LogP contribution in [0.2, 0.25) is 0 Å². The van der Waals surface area contributed by atoms with E-state index in [-0.39, 0.29) is 5.82 Å². The Morgan fingerprint density at radius 1 is 0.895 bits per heavy atom. The van der Waals surface area contributed by atoms with Gasteiger partial charge in [-0.05, 0) is 43.7 Å². The number of para-hydroxylation sites is 2. The van der Waals surface area contributed by atoms with Gasteiger partial charge in [0.25, 0.3) is 6.43 Å². The average molecular weight is 529 g/mol. The summed E-state index contributed by atoms with van der Waals surface area (Å²) in [6.07, 6.45) is 1.74. The molecular formula is C27H34F2N6O3. The quantitative estimate of drug-likeness (QED) is 0.458. The number of hydrogen-bond donors (Lipinski definition) is 0. The van der Waals surface area contributed by atoms with Crippen LogP contribution in [0.15, 0.2) is 30.3 Å². The van der Waals surface area contributed by atoms with Gasteiger partial charge in [-0.25, -0.2) is 13.8 Å². The molecule has 2 aliphatic heterocycles. The number of fused-ring (bicyclic) bond motifs is 1. The number of benzene rings is 1. The van der Waals surface area contributed by atoms with E-state index >= 15 is 0 Å². The van der Waals surface area contributed by atoms with E-state index in [1.807, 2.05) is 11.0 Å². The van der Waals surface area contributed by atoms with Crippen LogP contribution in [0.25, 0.3) is 16.9 Å². The molecule has 3 aliphatic rings. The van der Waals surface area contributed by atoms with Crippen LogP contribution >= 0.6 is 0 Å². The number of imidazole rings is 1. The maximum atomic E-state index is 14.1. The second-order valence-electron chi connectivity index (χ2n) is 10.2. The normalized spacial score (nSPS) is 23.3. The van der Waals surface area contributed by atoms with E-state index in [4.69, 9.17) is 19.2 Å². The molecule has 2 saturated heterocycles. The second-order valence-corrected chi connectivity index (χ2v) is 10.2. The van der Waals surface area contributed by atoms with Crippen molar-refractivity contribution < 1.29 is 23.0 Å². The standard InChI is InChI=1S/C27H34F2N6O3/c28-25(29)26-30-21-3-1-2-4-22(21)35(26)23-17-24(32-27(31-23)34-11-15-37-16-12-34)38-18-19-5-7-20(8-6-19)33-9-13-36-14-10-33/h1-4,17,19-20,25H,5-16,18H2. The van der Waals surface area contributed by atoms with Crippen molar-refractivity contribution in [3.63, 3.8) is 0 Å². The minimum absolute atomic E-state index is 0.330.